The van der Waals surface area contributed by atoms with Crippen molar-refractivity contribution in [2.75, 3.05) is 11.0 Å². The Kier molecular flexibility index (Phi) is 10.5. The Balaban J connectivity index is 3.38. The van der Waals surface area contributed by atoms with E-state index in [9.17, 15) is 9.59 Å². The van der Waals surface area contributed by atoms with Crippen molar-refractivity contribution < 1.29 is 19.4 Å². The number of hydrogen-bond acceptors (Lipinski definition) is 4. The van der Waals surface area contributed by atoms with Crippen molar-refractivity contribution in [2.24, 2.45) is 5.73 Å². The van der Waals surface area contributed by atoms with Gasteiger partial charge in [-0.3, -0.25) is 9.59 Å². The lowest BCUT2D eigenvalue weighted by molar-refractivity contribution is -0.144. The summed E-state index contributed by atoms with van der Waals surface area (Å²) in [5.74, 6) is -1.45. The molecule has 17 heavy (non-hydrogen) atoms. The maximum atomic E-state index is 11.2. The number of carbonyl (C=O) groups is 2. The third-order valence-electron chi connectivity index (χ3n) is 2.27. The van der Waals surface area contributed by atoms with Gasteiger partial charge in [-0.1, -0.05) is 35.4 Å². The highest BCUT2D eigenvalue weighted by Crippen LogP contribution is 2.03. The zero-order chi connectivity index (χ0) is 13.1. The van der Waals surface area contributed by atoms with Crippen molar-refractivity contribution in [1.82, 2.24) is 0 Å². The van der Waals surface area contributed by atoms with Crippen molar-refractivity contribution in [3.63, 3.8) is 0 Å². The van der Waals surface area contributed by atoms with Crippen LogP contribution in [0, 0.1) is 0 Å². The first-order valence-corrected chi connectivity index (χ1v) is 7.30. The molecule has 1 atom stereocenters. The van der Waals surface area contributed by atoms with Crippen molar-refractivity contribution in [3.8, 4) is 0 Å². The van der Waals surface area contributed by atoms with E-state index in [0.29, 0.717) is 6.61 Å². The highest BCUT2D eigenvalue weighted by Gasteiger charge is 2.13. The molecule has 0 bridgehead atoms. The van der Waals surface area contributed by atoms with Crippen LogP contribution in [0.1, 0.15) is 38.5 Å². The van der Waals surface area contributed by atoms with Crippen LogP contribution in [0.25, 0.3) is 0 Å². The Morgan fingerprint density at radius 2 is 1.88 bits per heavy atom. The molecule has 0 rings (SSSR count). The molecule has 0 aromatic heterocycles. The number of carboxylic acids is 1. The number of alkyl halides is 1. The molecular weight excluding hydrogens is 337 g/mol. The summed E-state index contributed by atoms with van der Waals surface area (Å²) in [5, 5.41) is 8.51. The predicted molar refractivity (Wildman–Crippen MR) is 73.2 cm³/mol. The molecule has 5 nitrogen and oxygen atoms in total. The molecule has 0 aliphatic carbocycles. The highest BCUT2D eigenvalue weighted by molar-refractivity contribution is 14.1. The summed E-state index contributed by atoms with van der Waals surface area (Å²) in [6, 6.07) is -0.980. The van der Waals surface area contributed by atoms with E-state index >= 15 is 0 Å². The van der Waals surface area contributed by atoms with Crippen molar-refractivity contribution in [1.29, 1.82) is 0 Å². The van der Waals surface area contributed by atoms with Crippen LogP contribution in [0.15, 0.2) is 0 Å². The van der Waals surface area contributed by atoms with Gasteiger partial charge in [0.1, 0.15) is 6.04 Å². The van der Waals surface area contributed by atoms with Crippen LogP contribution in [-0.2, 0) is 14.3 Å². The van der Waals surface area contributed by atoms with Crippen LogP contribution in [0.5, 0.6) is 0 Å². The number of unbranched alkanes of at least 4 members (excludes halogenated alkanes) is 3. The van der Waals surface area contributed by atoms with Gasteiger partial charge in [-0.05, 0) is 23.7 Å². The third kappa shape index (κ3) is 10.5. The average molecular weight is 357 g/mol. The van der Waals surface area contributed by atoms with Gasteiger partial charge in [0.05, 0.1) is 6.61 Å². The summed E-state index contributed by atoms with van der Waals surface area (Å²) in [7, 11) is 0. The Morgan fingerprint density at radius 3 is 2.47 bits per heavy atom. The third-order valence-corrected chi connectivity index (χ3v) is 3.03. The lowest BCUT2D eigenvalue weighted by Gasteiger charge is -2.06. The minimum atomic E-state index is -1.09. The summed E-state index contributed by atoms with van der Waals surface area (Å²) in [4.78, 5) is 21.6. The smallest absolute Gasteiger partial charge is 0.320 e. The summed E-state index contributed by atoms with van der Waals surface area (Å²) in [5.41, 5.74) is 5.27. The van der Waals surface area contributed by atoms with Gasteiger partial charge < -0.3 is 15.6 Å². The van der Waals surface area contributed by atoms with Crippen LogP contribution in [0.3, 0.4) is 0 Å². The van der Waals surface area contributed by atoms with E-state index in [2.05, 4.69) is 22.6 Å². The number of ether oxygens (including phenoxy) is 1. The standard InChI is InChI=1S/C11H20INO4/c12-7-3-1-2-4-8-17-10(14)6-5-9(13)11(15)16/h9H,1-8,13H2,(H,15,16)/t9-/m0/s1. The fraction of sp³-hybridized carbons (Fsp3) is 0.818. The number of esters is 1. The quantitative estimate of drug-likeness (QED) is 0.269. The monoisotopic (exact) mass is 357 g/mol. The molecule has 0 heterocycles. The van der Waals surface area contributed by atoms with Crippen LogP contribution in [0.4, 0.5) is 0 Å². The average Bonchev–Trinajstić information content (AvgIpc) is 2.30. The molecule has 0 saturated heterocycles. The number of nitrogens with two attached hydrogens (primary N) is 1. The van der Waals surface area contributed by atoms with E-state index < -0.39 is 12.0 Å². The van der Waals surface area contributed by atoms with Gasteiger partial charge in [0.2, 0.25) is 0 Å². The largest absolute Gasteiger partial charge is 0.480 e. The van der Waals surface area contributed by atoms with Crippen molar-refractivity contribution in [3.05, 3.63) is 0 Å². The highest BCUT2D eigenvalue weighted by atomic mass is 127. The molecule has 0 radical (unpaired) electrons. The maximum Gasteiger partial charge on any atom is 0.320 e. The molecule has 3 N–H and O–H groups in total. The van der Waals surface area contributed by atoms with Crippen LogP contribution < -0.4 is 5.73 Å². The van der Waals surface area contributed by atoms with Crippen LogP contribution >= 0.6 is 22.6 Å². The predicted octanol–water partition coefficient (Wildman–Crippen LogP) is 1.72. The molecule has 0 aromatic rings. The summed E-state index contributed by atoms with van der Waals surface area (Å²) in [6.07, 6.45) is 4.48. The van der Waals surface area contributed by atoms with Gasteiger partial charge in [-0.2, -0.15) is 0 Å². The Morgan fingerprint density at radius 1 is 1.24 bits per heavy atom. The van der Waals surface area contributed by atoms with E-state index in [1.165, 1.54) is 6.42 Å². The van der Waals surface area contributed by atoms with Gasteiger partial charge >= 0.3 is 11.9 Å². The van der Waals surface area contributed by atoms with Crippen LogP contribution in [0.2, 0.25) is 0 Å². The zero-order valence-corrected chi connectivity index (χ0v) is 12.0. The Bertz CT molecular complexity index is 236. The fourth-order valence-corrected chi connectivity index (χ4v) is 1.74. The van der Waals surface area contributed by atoms with Crippen molar-refractivity contribution >= 4 is 34.5 Å². The van der Waals surface area contributed by atoms with Crippen LogP contribution in [-0.4, -0.2) is 34.1 Å². The second-order valence-electron chi connectivity index (χ2n) is 3.81. The number of carbonyl (C=O) groups excluding carboxylic acids is 1. The zero-order valence-electron chi connectivity index (χ0n) is 9.86. The molecule has 0 aromatic carbocycles. The summed E-state index contributed by atoms with van der Waals surface area (Å²) in [6.45, 7) is 0.419. The molecule has 6 heteroatoms. The lowest BCUT2D eigenvalue weighted by atomic mass is 10.2. The van der Waals surface area contributed by atoms with Gasteiger partial charge in [-0.15, -0.1) is 0 Å². The SMILES string of the molecule is N[C@@H](CCC(=O)OCCCCCCI)C(=O)O. The Hall–Kier alpha value is -0.370. The first kappa shape index (κ1) is 16.6. The minimum Gasteiger partial charge on any atom is -0.480 e. The summed E-state index contributed by atoms with van der Waals surface area (Å²) < 4.78 is 6.12. The molecule has 100 valence electrons. The number of hydrogen-bond donors (Lipinski definition) is 2. The van der Waals surface area contributed by atoms with E-state index in [0.717, 1.165) is 23.7 Å². The number of rotatable bonds is 10. The molecule has 0 amide bonds. The first-order valence-electron chi connectivity index (χ1n) is 5.78. The molecule has 0 saturated carbocycles. The van der Waals surface area contributed by atoms with Gasteiger partial charge in [0, 0.05) is 6.42 Å². The number of halogens is 1. The van der Waals surface area contributed by atoms with E-state index in [4.69, 9.17) is 15.6 Å². The van der Waals surface area contributed by atoms with E-state index in [1.807, 2.05) is 0 Å². The fourth-order valence-electron chi connectivity index (χ4n) is 1.21. The Labute approximate surface area is 115 Å². The first-order chi connectivity index (χ1) is 8.07. The lowest BCUT2D eigenvalue weighted by Crippen LogP contribution is -2.30. The minimum absolute atomic E-state index is 0.0707. The number of aliphatic carboxylic acids is 1. The second kappa shape index (κ2) is 10.8. The van der Waals surface area contributed by atoms with Gasteiger partial charge in [0.25, 0.3) is 0 Å². The summed E-state index contributed by atoms with van der Waals surface area (Å²) >= 11 is 2.34. The normalized spacial score (nSPS) is 12.1. The molecule has 0 aliphatic rings. The van der Waals surface area contributed by atoms with Crippen molar-refractivity contribution in [2.45, 2.75) is 44.6 Å². The van der Waals surface area contributed by atoms with E-state index in [-0.39, 0.29) is 18.8 Å². The van der Waals surface area contributed by atoms with Gasteiger partial charge in [-0.25, -0.2) is 0 Å². The number of carboxylic acid groups (broad SMARTS) is 1. The molecule has 0 spiro atoms. The molecule has 0 aliphatic heterocycles. The topological polar surface area (TPSA) is 89.6 Å². The van der Waals surface area contributed by atoms with Gasteiger partial charge in [0.15, 0.2) is 0 Å². The molecule has 0 unspecified atom stereocenters. The molecular formula is C11H20INO4. The second-order valence-corrected chi connectivity index (χ2v) is 4.89. The maximum absolute atomic E-state index is 11.2. The molecule has 0 fully saturated rings. The van der Waals surface area contributed by atoms with E-state index in [1.54, 1.807) is 0 Å².